The zero-order chi connectivity index (χ0) is 15.9. The molecule has 5 rings (SSSR count). The Morgan fingerprint density at radius 2 is 1.74 bits per heavy atom. The van der Waals surface area contributed by atoms with Crippen molar-refractivity contribution in [2.24, 2.45) is 0 Å². The summed E-state index contributed by atoms with van der Waals surface area (Å²) in [4.78, 5) is 0. The number of hydrogen-bond acceptors (Lipinski definition) is 3. The normalized spacial score (nSPS) is 28.7. The quantitative estimate of drug-likeness (QED) is 0.494. The molecule has 116 valence electrons. The van der Waals surface area contributed by atoms with E-state index in [9.17, 15) is 10.2 Å². The van der Waals surface area contributed by atoms with Crippen molar-refractivity contribution < 1.29 is 14.9 Å². The molecule has 3 aromatic carbocycles. The molecule has 0 radical (unpaired) electrons. The summed E-state index contributed by atoms with van der Waals surface area (Å²) in [7, 11) is 0. The van der Waals surface area contributed by atoms with Crippen LogP contribution in [0.5, 0.6) is 0 Å². The number of aryl methyl sites for hydroxylation is 2. The van der Waals surface area contributed by atoms with Crippen molar-refractivity contribution in [3.05, 3.63) is 58.7 Å². The summed E-state index contributed by atoms with van der Waals surface area (Å²) < 4.78 is 5.68. The van der Waals surface area contributed by atoms with Gasteiger partial charge in [0.25, 0.3) is 0 Å². The number of aliphatic hydroxyl groups is 2. The summed E-state index contributed by atoms with van der Waals surface area (Å²) in [6.07, 6.45) is -2.05. The van der Waals surface area contributed by atoms with E-state index in [0.29, 0.717) is 0 Å². The van der Waals surface area contributed by atoms with E-state index in [1.807, 2.05) is 6.07 Å². The Morgan fingerprint density at radius 3 is 2.57 bits per heavy atom. The summed E-state index contributed by atoms with van der Waals surface area (Å²) in [5.74, 6) is 0. The Morgan fingerprint density at radius 1 is 0.913 bits per heavy atom. The summed E-state index contributed by atoms with van der Waals surface area (Å²) >= 11 is 0. The van der Waals surface area contributed by atoms with E-state index in [4.69, 9.17) is 4.74 Å². The van der Waals surface area contributed by atoms with Crippen LogP contribution < -0.4 is 0 Å². The monoisotopic (exact) mass is 306 g/mol. The van der Waals surface area contributed by atoms with E-state index < -0.39 is 12.2 Å². The van der Waals surface area contributed by atoms with Gasteiger partial charge in [0.05, 0.1) is 0 Å². The Balaban J connectivity index is 1.94. The number of aliphatic hydroxyl groups excluding tert-OH is 2. The van der Waals surface area contributed by atoms with Crippen LogP contribution in [0.3, 0.4) is 0 Å². The summed E-state index contributed by atoms with van der Waals surface area (Å²) in [5.41, 5.74) is 4.32. The average molecular weight is 306 g/mol. The molecule has 0 saturated carbocycles. The molecule has 0 bridgehead atoms. The van der Waals surface area contributed by atoms with E-state index in [2.05, 4.69) is 44.2 Å². The molecule has 3 aromatic rings. The van der Waals surface area contributed by atoms with Gasteiger partial charge in [0.2, 0.25) is 0 Å². The number of epoxide rings is 1. The molecule has 1 fully saturated rings. The van der Waals surface area contributed by atoms with Crippen LogP contribution in [-0.2, 0) is 4.74 Å². The molecule has 1 heterocycles. The Bertz CT molecular complexity index is 976. The largest absolute Gasteiger partial charge is 0.387 e. The Kier molecular flexibility index (Phi) is 2.54. The van der Waals surface area contributed by atoms with E-state index in [1.165, 1.54) is 32.7 Å². The molecule has 0 amide bonds. The fourth-order valence-electron chi connectivity index (χ4n) is 4.22. The number of rotatable bonds is 0. The van der Waals surface area contributed by atoms with Gasteiger partial charge in [-0.3, -0.25) is 0 Å². The zero-order valence-corrected chi connectivity index (χ0v) is 13.1. The van der Waals surface area contributed by atoms with Crippen molar-refractivity contribution in [2.45, 2.75) is 38.3 Å². The topological polar surface area (TPSA) is 53.0 Å². The van der Waals surface area contributed by atoms with Crippen LogP contribution in [0.15, 0.2) is 36.4 Å². The van der Waals surface area contributed by atoms with Gasteiger partial charge in [-0.25, -0.2) is 0 Å². The van der Waals surface area contributed by atoms with Crippen LogP contribution in [0.4, 0.5) is 0 Å². The fourth-order valence-corrected chi connectivity index (χ4v) is 4.22. The minimum absolute atomic E-state index is 0.0898. The number of ether oxygens (including phenoxy) is 1. The van der Waals surface area contributed by atoms with Gasteiger partial charge in [-0.1, -0.05) is 36.4 Å². The molecule has 0 unspecified atom stereocenters. The van der Waals surface area contributed by atoms with Gasteiger partial charge in [0, 0.05) is 0 Å². The zero-order valence-electron chi connectivity index (χ0n) is 13.1. The van der Waals surface area contributed by atoms with Crippen molar-refractivity contribution >= 4 is 21.5 Å². The van der Waals surface area contributed by atoms with Crippen LogP contribution in [0, 0.1) is 13.8 Å². The molecule has 2 N–H and O–H groups in total. The van der Waals surface area contributed by atoms with Gasteiger partial charge < -0.3 is 14.9 Å². The lowest BCUT2D eigenvalue weighted by molar-refractivity contribution is 0.000104. The lowest BCUT2D eigenvalue weighted by Gasteiger charge is -2.25. The highest BCUT2D eigenvalue weighted by atomic mass is 16.6. The molecule has 1 aliphatic carbocycles. The van der Waals surface area contributed by atoms with Gasteiger partial charge in [-0.15, -0.1) is 0 Å². The third-order valence-corrected chi connectivity index (χ3v) is 5.44. The van der Waals surface area contributed by atoms with Crippen LogP contribution in [0.2, 0.25) is 0 Å². The Labute approximate surface area is 134 Å². The van der Waals surface area contributed by atoms with Crippen LogP contribution in [-0.4, -0.2) is 22.4 Å². The molecular weight excluding hydrogens is 288 g/mol. The van der Waals surface area contributed by atoms with Crippen molar-refractivity contribution in [2.75, 3.05) is 0 Å². The molecule has 1 saturated heterocycles. The first-order valence-corrected chi connectivity index (χ1v) is 8.05. The predicted molar refractivity (Wildman–Crippen MR) is 89.5 cm³/mol. The highest BCUT2D eigenvalue weighted by Gasteiger charge is 2.54. The van der Waals surface area contributed by atoms with Crippen LogP contribution in [0.1, 0.15) is 34.5 Å². The van der Waals surface area contributed by atoms with Crippen molar-refractivity contribution in [1.82, 2.24) is 0 Å². The molecule has 0 spiro atoms. The maximum absolute atomic E-state index is 10.4. The van der Waals surface area contributed by atoms with E-state index in [0.717, 1.165) is 11.1 Å². The van der Waals surface area contributed by atoms with Gasteiger partial charge in [0.15, 0.2) is 0 Å². The number of fused-ring (bicyclic) bond motifs is 7. The molecule has 1 aliphatic heterocycles. The number of hydrogen-bond donors (Lipinski definition) is 2. The number of benzene rings is 3. The lowest BCUT2D eigenvalue weighted by Crippen LogP contribution is -2.29. The van der Waals surface area contributed by atoms with Gasteiger partial charge in [-0.2, -0.15) is 0 Å². The van der Waals surface area contributed by atoms with Gasteiger partial charge >= 0.3 is 0 Å². The standard InChI is InChI=1S/C20H18O3/c1-9-4-3-5-11-12-6-7-13-16(15(12)10(2)8-14(9)11)19-20(23-19)18(22)17(13)21/h3-8,17-22H,1-2H3/t17-,18+,19-,20+/m1/s1. The lowest BCUT2D eigenvalue weighted by atomic mass is 9.82. The van der Waals surface area contributed by atoms with E-state index in [1.54, 1.807) is 0 Å². The first-order chi connectivity index (χ1) is 11.1. The molecule has 2 aliphatic rings. The molecule has 3 heteroatoms. The minimum Gasteiger partial charge on any atom is -0.387 e. The molecule has 3 nitrogen and oxygen atoms in total. The van der Waals surface area contributed by atoms with Gasteiger partial charge in [0.1, 0.15) is 24.4 Å². The molecule has 4 atom stereocenters. The second-order valence-corrected chi connectivity index (χ2v) is 6.81. The smallest absolute Gasteiger partial charge is 0.118 e. The van der Waals surface area contributed by atoms with Crippen molar-refractivity contribution in [3.63, 3.8) is 0 Å². The average Bonchev–Trinajstić information content (AvgIpc) is 3.34. The maximum atomic E-state index is 10.4. The Hall–Kier alpha value is -1.94. The van der Waals surface area contributed by atoms with E-state index in [-0.39, 0.29) is 12.2 Å². The van der Waals surface area contributed by atoms with Crippen molar-refractivity contribution in [1.29, 1.82) is 0 Å². The highest BCUT2D eigenvalue weighted by Crippen LogP contribution is 2.53. The first kappa shape index (κ1) is 13.5. The second kappa shape index (κ2) is 4.32. The minimum atomic E-state index is -0.870. The fraction of sp³-hybridized carbons (Fsp3) is 0.300. The molecule has 0 aromatic heterocycles. The third kappa shape index (κ3) is 1.65. The van der Waals surface area contributed by atoms with Crippen LogP contribution in [0.25, 0.3) is 21.5 Å². The molecular formula is C20H18O3. The molecule has 23 heavy (non-hydrogen) atoms. The first-order valence-electron chi connectivity index (χ1n) is 8.05. The SMILES string of the molecule is Cc1cccc2c1cc(C)c1c3c(ccc12)[C@@H](O)[C@H](O)[C@@H]1O[C@H]31. The second-order valence-electron chi connectivity index (χ2n) is 6.81. The van der Waals surface area contributed by atoms with Gasteiger partial charge in [-0.05, 0) is 57.6 Å². The van der Waals surface area contributed by atoms with Crippen LogP contribution >= 0.6 is 0 Å². The highest BCUT2D eigenvalue weighted by molar-refractivity contribution is 6.11. The summed E-state index contributed by atoms with van der Waals surface area (Å²) in [5, 5.41) is 25.4. The van der Waals surface area contributed by atoms with E-state index >= 15 is 0 Å². The third-order valence-electron chi connectivity index (χ3n) is 5.44. The predicted octanol–water partition coefficient (Wildman–Crippen LogP) is 3.46. The summed E-state index contributed by atoms with van der Waals surface area (Å²) in [6.45, 7) is 4.25. The maximum Gasteiger partial charge on any atom is 0.118 e. The summed E-state index contributed by atoms with van der Waals surface area (Å²) in [6, 6.07) is 12.6. The van der Waals surface area contributed by atoms with Crippen molar-refractivity contribution in [3.8, 4) is 0 Å².